The van der Waals surface area contributed by atoms with Gasteiger partial charge in [-0.25, -0.2) is 0 Å². The Hall–Kier alpha value is -1.18. The number of unbranched alkanes of at least 4 members (excludes halogenated alkanes) is 3. The van der Waals surface area contributed by atoms with E-state index in [1.807, 2.05) is 18.2 Å². The quantitative estimate of drug-likeness (QED) is 0.683. The van der Waals surface area contributed by atoms with Crippen LogP contribution in [0, 0.1) is 0 Å². The van der Waals surface area contributed by atoms with Crippen LogP contribution in [0.1, 0.15) is 46.0 Å². The fourth-order valence-electron chi connectivity index (χ4n) is 2.08. The molecule has 1 rings (SSSR count). The molecule has 0 saturated heterocycles. The first-order chi connectivity index (χ1) is 8.29. The van der Waals surface area contributed by atoms with Gasteiger partial charge in [0.05, 0.1) is 5.69 Å². The van der Waals surface area contributed by atoms with Gasteiger partial charge in [-0.3, -0.25) is 0 Å². The molecule has 0 heterocycles. The SMILES string of the molecule is CCCCCCN(CCC)c1ccccc1O. The van der Waals surface area contributed by atoms with Crippen molar-refractivity contribution >= 4 is 5.69 Å². The molecule has 0 amide bonds. The molecule has 1 N–H and O–H groups in total. The maximum absolute atomic E-state index is 9.87. The summed E-state index contributed by atoms with van der Waals surface area (Å²) in [6.07, 6.45) is 6.18. The minimum atomic E-state index is 0.399. The lowest BCUT2D eigenvalue weighted by Crippen LogP contribution is -2.25. The van der Waals surface area contributed by atoms with Crippen molar-refractivity contribution in [1.29, 1.82) is 0 Å². The van der Waals surface area contributed by atoms with Gasteiger partial charge in [0.25, 0.3) is 0 Å². The number of phenolic OH excluding ortho intramolecular Hbond substituents is 1. The maximum Gasteiger partial charge on any atom is 0.138 e. The van der Waals surface area contributed by atoms with E-state index in [4.69, 9.17) is 0 Å². The van der Waals surface area contributed by atoms with E-state index < -0.39 is 0 Å². The lowest BCUT2D eigenvalue weighted by Gasteiger charge is -2.25. The third kappa shape index (κ3) is 4.68. The van der Waals surface area contributed by atoms with Crippen molar-refractivity contribution in [1.82, 2.24) is 0 Å². The summed E-state index contributed by atoms with van der Waals surface area (Å²) in [7, 11) is 0. The molecule has 0 aliphatic rings. The third-order valence-electron chi connectivity index (χ3n) is 3.00. The predicted molar refractivity (Wildman–Crippen MR) is 74.8 cm³/mol. The first kappa shape index (κ1) is 13.9. The summed E-state index contributed by atoms with van der Waals surface area (Å²) in [6, 6.07) is 7.64. The largest absolute Gasteiger partial charge is 0.506 e. The summed E-state index contributed by atoms with van der Waals surface area (Å²) < 4.78 is 0. The summed E-state index contributed by atoms with van der Waals surface area (Å²) in [6.45, 7) is 6.47. The molecule has 0 saturated carbocycles. The molecule has 0 spiro atoms. The molecule has 0 unspecified atom stereocenters. The average Bonchev–Trinajstić information content (AvgIpc) is 2.34. The second kappa shape index (κ2) is 7.99. The molecule has 17 heavy (non-hydrogen) atoms. The van der Waals surface area contributed by atoms with Crippen LogP contribution in [0.2, 0.25) is 0 Å². The van der Waals surface area contributed by atoms with E-state index in [1.54, 1.807) is 6.07 Å². The van der Waals surface area contributed by atoms with Crippen LogP contribution in [0.4, 0.5) is 5.69 Å². The van der Waals surface area contributed by atoms with E-state index >= 15 is 0 Å². The molecule has 2 nitrogen and oxygen atoms in total. The zero-order chi connectivity index (χ0) is 12.5. The first-order valence-electron chi connectivity index (χ1n) is 6.82. The molecule has 0 aliphatic carbocycles. The van der Waals surface area contributed by atoms with Crippen LogP contribution in [0.5, 0.6) is 5.75 Å². The van der Waals surface area contributed by atoms with E-state index in [2.05, 4.69) is 18.7 Å². The highest BCUT2D eigenvalue weighted by Crippen LogP contribution is 2.26. The van der Waals surface area contributed by atoms with Crippen LogP contribution in [0.15, 0.2) is 24.3 Å². The lowest BCUT2D eigenvalue weighted by molar-refractivity contribution is 0.473. The van der Waals surface area contributed by atoms with E-state index in [0.29, 0.717) is 5.75 Å². The van der Waals surface area contributed by atoms with Crippen molar-refractivity contribution in [3.05, 3.63) is 24.3 Å². The Morgan fingerprint density at radius 1 is 0.941 bits per heavy atom. The fraction of sp³-hybridized carbons (Fsp3) is 0.600. The minimum absolute atomic E-state index is 0.399. The molecule has 0 aromatic heterocycles. The van der Waals surface area contributed by atoms with Gasteiger partial charge >= 0.3 is 0 Å². The molecule has 0 bridgehead atoms. The normalized spacial score (nSPS) is 10.5. The zero-order valence-corrected chi connectivity index (χ0v) is 11.2. The summed E-state index contributed by atoms with van der Waals surface area (Å²) in [5, 5.41) is 9.87. The van der Waals surface area contributed by atoms with Crippen LogP contribution in [0.25, 0.3) is 0 Å². The smallest absolute Gasteiger partial charge is 0.138 e. The van der Waals surface area contributed by atoms with Gasteiger partial charge in [-0.05, 0) is 25.0 Å². The Morgan fingerprint density at radius 2 is 1.71 bits per heavy atom. The zero-order valence-electron chi connectivity index (χ0n) is 11.2. The van der Waals surface area contributed by atoms with Gasteiger partial charge in [-0.15, -0.1) is 0 Å². The number of hydrogen-bond acceptors (Lipinski definition) is 2. The average molecular weight is 235 g/mol. The van der Waals surface area contributed by atoms with E-state index in [1.165, 1.54) is 25.7 Å². The summed E-state index contributed by atoms with van der Waals surface area (Å²) in [4.78, 5) is 2.30. The van der Waals surface area contributed by atoms with Gasteiger partial charge in [-0.1, -0.05) is 45.2 Å². The molecule has 0 radical (unpaired) electrons. The summed E-state index contributed by atoms with van der Waals surface area (Å²) in [5.74, 6) is 0.399. The van der Waals surface area contributed by atoms with Crippen LogP contribution in [-0.4, -0.2) is 18.2 Å². The Bertz CT molecular complexity index is 312. The Labute approximate surface area is 105 Å². The highest BCUT2D eigenvalue weighted by Gasteiger charge is 2.08. The standard InChI is InChI=1S/C15H25NO/c1-3-5-6-9-13-16(12-4-2)14-10-7-8-11-15(14)17/h7-8,10-11,17H,3-6,9,12-13H2,1-2H3. The van der Waals surface area contributed by atoms with Gasteiger partial charge in [0.2, 0.25) is 0 Å². The van der Waals surface area contributed by atoms with Gasteiger partial charge in [0, 0.05) is 13.1 Å². The van der Waals surface area contributed by atoms with Gasteiger partial charge < -0.3 is 10.0 Å². The number of benzene rings is 1. The monoisotopic (exact) mass is 235 g/mol. The summed E-state index contributed by atoms with van der Waals surface area (Å²) in [5.41, 5.74) is 0.978. The number of anilines is 1. The first-order valence-corrected chi connectivity index (χ1v) is 6.82. The Morgan fingerprint density at radius 3 is 2.35 bits per heavy atom. The second-order valence-corrected chi connectivity index (χ2v) is 4.54. The highest BCUT2D eigenvalue weighted by atomic mass is 16.3. The van der Waals surface area contributed by atoms with Crippen molar-refractivity contribution in [3.63, 3.8) is 0 Å². The Kier molecular flexibility index (Phi) is 6.53. The number of nitrogens with zero attached hydrogens (tertiary/aromatic N) is 1. The number of rotatable bonds is 8. The highest BCUT2D eigenvalue weighted by molar-refractivity contribution is 5.57. The van der Waals surface area contributed by atoms with E-state index in [9.17, 15) is 5.11 Å². The van der Waals surface area contributed by atoms with Crippen LogP contribution in [0.3, 0.4) is 0 Å². The number of aromatic hydroxyl groups is 1. The second-order valence-electron chi connectivity index (χ2n) is 4.54. The van der Waals surface area contributed by atoms with Crippen LogP contribution in [-0.2, 0) is 0 Å². The third-order valence-corrected chi connectivity index (χ3v) is 3.00. The predicted octanol–water partition coefficient (Wildman–Crippen LogP) is 4.19. The topological polar surface area (TPSA) is 23.5 Å². The van der Waals surface area contributed by atoms with Crippen molar-refractivity contribution in [2.45, 2.75) is 46.0 Å². The number of para-hydroxylation sites is 2. The molecule has 0 atom stereocenters. The molecule has 96 valence electrons. The van der Waals surface area contributed by atoms with Crippen molar-refractivity contribution in [2.75, 3.05) is 18.0 Å². The molecule has 1 aromatic rings. The van der Waals surface area contributed by atoms with Crippen molar-refractivity contribution in [2.24, 2.45) is 0 Å². The van der Waals surface area contributed by atoms with E-state index in [0.717, 1.165) is 25.2 Å². The molecular weight excluding hydrogens is 210 g/mol. The van der Waals surface area contributed by atoms with Gasteiger partial charge in [0.1, 0.15) is 5.75 Å². The van der Waals surface area contributed by atoms with Crippen molar-refractivity contribution < 1.29 is 5.11 Å². The fourth-order valence-corrected chi connectivity index (χ4v) is 2.08. The van der Waals surface area contributed by atoms with Crippen LogP contribution >= 0.6 is 0 Å². The minimum Gasteiger partial charge on any atom is -0.506 e. The molecule has 1 aromatic carbocycles. The van der Waals surface area contributed by atoms with E-state index in [-0.39, 0.29) is 0 Å². The lowest BCUT2D eigenvalue weighted by atomic mass is 10.2. The van der Waals surface area contributed by atoms with Crippen LogP contribution < -0.4 is 4.90 Å². The molecule has 2 heteroatoms. The Balaban J connectivity index is 2.56. The van der Waals surface area contributed by atoms with Gasteiger partial charge in [-0.2, -0.15) is 0 Å². The molecular formula is C15H25NO. The number of phenols is 1. The number of hydrogen-bond donors (Lipinski definition) is 1. The van der Waals surface area contributed by atoms with Gasteiger partial charge in [0.15, 0.2) is 0 Å². The summed E-state index contributed by atoms with van der Waals surface area (Å²) >= 11 is 0. The molecule has 0 aliphatic heterocycles. The maximum atomic E-state index is 9.87. The molecule has 0 fully saturated rings. The van der Waals surface area contributed by atoms with Crippen molar-refractivity contribution in [3.8, 4) is 5.75 Å².